The third kappa shape index (κ3) is 4.80. The number of carbonyl (C=O) groups excluding carboxylic acids is 1. The van der Waals surface area contributed by atoms with Crippen molar-refractivity contribution in [3.63, 3.8) is 0 Å². The highest BCUT2D eigenvalue weighted by molar-refractivity contribution is 6.07. The molecule has 0 aliphatic rings. The van der Waals surface area contributed by atoms with Crippen LogP contribution in [0.4, 0.5) is 0 Å². The van der Waals surface area contributed by atoms with Gasteiger partial charge in [-0.2, -0.15) is 0 Å². The van der Waals surface area contributed by atoms with Crippen LogP contribution in [0.2, 0.25) is 0 Å². The normalized spacial score (nSPS) is 13.1. The molecule has 2 aromatic rings. The third-order valence-corrected chi connectivity index (χ3v) is 4.08. The van der Waals surface area contributed by atoms with E-state index in [0.29, 0.717) is 18.4 Å². The van der Waals surface area contributed by atoms with Gasteiger partial charge in [0.1, 0.15) is 12.1 Å². The van der Waals surface area contributed by atoms with Gasteiger partial charge in [0.05, 0.1) is 0 Å². The SMILES string of the molecule is CCCC(NC(CNC(=O)c1cccc2ccccc12)C(=O)O)C(=O)O. The molecule has 0 fully saturated rings. The molecule has 4 N–H and O–H groups in total. The number of rotatable bonds is 9. The highest BCUT2D eigenvalue weighted by Gasteiger charge is 2.26. The zero-order valence-corrected chi connectivity index (χ0v) is 14.4. The molecule has 0 aromatic heterocycles. The fraction of sp³-hybridized carbons (Fsp3) is 0.316. The summed E-state index contributed by atoms with van der Waals surface area (Å²) >= 11 is 0. The van der Waals surface area contributed by atoms with Crippen molar-refractivity contribution >= 4 is 28.6 Å². The van der Waals surface area contributed by atoms with Gasteiger partial charge in [0.25, 0.3) is 5.91 Å². The molecule has 7 heteroatoms. The molecular weight excluding hydrogens is 336 g/mol. The van der Waals surface area contributed by atoms with Gasteiger partial charge >= 0.3 is 11.9 Å². The van der Waals surface area contributed by atoms with Gasteiger partial charge in [0.15, 0.2) is 0 Å². The van der Waals surface area contributed by atoms with E-state index in [4.69, 9.17) is 5.11 Å². The van der Waals surface area contributed by atoms with Gasteiger partial charge in [-0.15, -0.1) is 0 Å². The van der Waals surface area contributed by atoms with Crippen molar-refractivity contribution in [3.8, 4) is 0 Å². The Morgan fingerprint density at radius 2 is 1.62 bits per heavy atom. The number of aliphatic carboxylic acids is 2. The van der Waals surface area contributed by atoms with Crippen LogP contribution in [0, 0.1) is 0 Å². The summed E-state index contributed by atoms with van der Waals surface area (Å²) in [6.07, 6.45) is 0.898. The lowest BCUT2D eigenvalue weighted by atomic mass is 10.0. The highest BCUT2D eigenvalue weighted by Crippen LogP contribution is 2.18. The van der Waals surface area contributed by atoms with Crippen molar-refractivity contribution < 1.29 is 24.6 Å². The topological polar surface area (TPSA) is 116 Å². The maximum absolute atomic E-state index is 12.5. The Balaban J connectivity index is 2.09. The zero-order valence-electron chi connectivity index (χ0n) is 14.4. The lowest BCUT2D eigenvalue weighted by molar-refractivity contribution is -0.142. The predicted molar refractivity (Wildman–Crippen MR) is 97.2 cm³/mol. The van der Waals surface area contributed by atoms with Crippen LogP contribution in [0.25, 0.3) is 10.8 Å². The number of amides is 1. The molecule has 2 aromatic carbocycles. The van der Waals surface area contributed by atoms with Crippen molar-refractivity contribution in [1.29, 1.82) is 0 Å². The molecule has 0 aliphatic carbocycles. The number of carbonyl (C=O) groups is 3. The van der Waals surface area contributed by atoms with Gasteiger partial charge in [-0.1, -0.05) is 49.7 Å². The summed E-state index contributed by atoms with van der Waals surface area (Å²) in [5.41, 5.74) is 0.440. The van der Waals surface area contributed by atoms with Crippen LogP contribution >= 0.6 is 0 Å². The summed E-state index contributed by atoms with van der Waals surface area (Å²) < 4.78 is 0. The molecule has 0 radical (unpaired) electrons. The first-order valence-corrected chi connectivity index (χ1v) is 8.41. The third-order valence-electron chi connectivity index (χ3n) is 4.08. The molecule has 0 spiro atoms. The number of carboxylic acids is 2. The molecule has 2 unspecified atom stereocenters. The van der Waals surface area contributed by atoms with Crippen LogP contribution < -0.4 is 10.6 Å². The van der Waals surface area contributed by atoms with Crippen LogP contribution in [0.1, 0.15) is 30.1 Å². The van der Waals surface area contributed by atoms with Crippen LogP contribution in [-0.2, 0) is 9.59 Å². The van der Waals surface area contributed by atoms with Crippen LogP contribution in [0.15, 0.2) is 42.5 Å². The maximum Gasteiger partial charge on any atom is 0.322 e. The van der Waals surface area contributed by atoms with Gasteiger partial charge in [0.2, 0.25) is 0 Å². The minimum Gasteiger partial charge on any atom is -0.480 e. The molecule has 7 nitrogen and oxygen atoms in total. The Morgan fingerprint density at radius 3 is 2.27 bits per heavy atom. The molecule has 0 saturated heterocycles. The maximum atomic E-state index is 12.5. The van der Waals surface area contributed by atoms with Gasteiger partial charge in [0, 0.05) is 12.1 Å². The average Bonchev–Trinajstić information content (AvgIpc) is 2.63. The molecule has 138 valence electrons. The summed E-state index contributed by atoms with van der Waals surface area (Å²) in [5, 5.41) is 25.3. The molecular formula is C19H22N2O5. The fourth-order valence-electron chi connectivity index (χ4n) is 2.74. The summed E-state index contributed by atoms with van der Waals surface area (Å²) in [4.78, 5) is 35.1. The number of benzene rings is 2. The predicted octanol–water partition coefficient (Wildman–Crippen LogP) is 1.87. The van der Waals surface area contributed by atoms with Gasteiger partial charge in [-0.25, -0.2) is 0 Å². The van der Waals surface area contributed by atoms with Crippen molar-refractivity contribution in [3.05, 3.63) is 48.0 Å². The van der Waals surface area contributed by atoms with E-state index in [-0.39, 0.29) is 6.54 Å². The number of hydrogen-bond acceptors (Lipinski definition) is 4. The van der Waals surface area contributed by atoms with Crippen LogP contribution in [0.3, 0.4) is 0 Å². The molecule has 2 rings (SSSR count). The van der Waals surface area contributed by atoms with Gasteiger partial charge in [-0.05, 0) is 23.3 Å². The van der Waals surface area contributed by atoms with Crippen LogP contribution in [0.5, 0.6) is 0 Å². The lowest BCUT2D eigenvalue weighted by Crippen LogP contribution is -2.52. The second-order valence-corrected chi connectivity index (χ2v) is 5.97. The minimum atomic E-state index is -1.22. The fourth-order valence-corrected chi connectivity index (χ4v) is 2.74. The first kappa shape index (κ1) is 19.4. The molecule has 26 heavy (non-hydrogen) atoms. The Bertz CT molecular complexity index is 800. The van der Waals surface area contributed by atoms with Crippen molar-refractivity contribution in [2.45, 2.75) is 31.8 Å². The van der Waals surface area contributed by atoms with E-state index < -0.39 is 29.9 Å². The van der Waals surface area contributed by atoms with Crippen LogP contribution in [-0.4, -0.2) is 46.7 Å². The number of hydrogen-bond donors (Lipinski definition) is 4. The van der Waals surface area contributed by atoms with Crippen molar-refractivity contribution in [2.24, 2.45) is 0 Å². The molecule has 0 bridgehead atoms. The lowest BCUT2D eigenvalue weighted by Gasteiger charge is -2.20. The summed E-state index contributed by atoms with van der Waals surface area (Å²) in [5.74, 6) is -2.73. The van der Waals surface area contributed by atoms with Crippen molar-refractivity contribution in [1.82, 2.24) is 10.6 Å². The van der Waals surface area contributed by atoms with E-state index in [1.807, 2.05) is 37.3 Å². The minimum absolute atomic E-state index is 0.217. The largest absolute Gasteiger partial charge is 0.480 e. The Kier molecular flexibility index (Phi) is 6.68. The van der Waals surface area contributed by atoms with Crippen molar-refractivity contribution in [2.75, 3.05) is 6.54 Å². The molecule has 2 atom stereocenters. The molecule has 0 heterocycles. The van der Waals surface area contributed by atoms with E-state index in [0.717, 1.165) is 10.8 Å². The monoisotopic (exact) mass is 358 g/mol. The second kappa shape index (κ2) is 8.96. The first-order chi connectivity index (χ1) is 12.4. The summed E-state index contributed by atoms with van der Waals surface area (Å²) in [7, 11) is 0. The van der Waals surface area contributed by atoms with E-state index >= 15 is 0 Å². The second-order valence-electron chi connectivity index (χ2n) is 5.97. The Morgan fingerprint density at radius 1 is 0.962 bits per heavy atom. The molecule has 0 aliphatic heterocycles. The quantitative estimate of drug-likeness (QED) is 0.544. The first-order valence-electron chi connectivity index (χ1n) is 8.41. The average molecular weight is 358 g/mol. The Labute approximate surface area is 151 Å². The summed E-state index contributed by atoms with van der Waals surface area (Å²) in [6, 6.07) is 10.5. The zero-order chi connectivity index (χ0) is 19.1. The van der Waals surface area contributed by atoms with E-state index in [2.05, 4.69) is 10.6 Å². The number of carboxylic acid groups (broad SMARTS) is 2. The summed E-state index contributed by atoms with van der Waals surface area (Å²) in [6.45, 7) is 1.60. The van der Waals surface area contributed by atoms with E-state index in [1.54, 1.807) is 12.1 Å². The smallest absolute Gasteiger partial charge is 0.322 e. The molecule has 1 amide bonds. The molecule has 0 saturated carbocycles. The highest BCUT2D eigenvalue weighted by atomic mass is 16.4. The standard InChI is InChI=1S/C19H22N2O5/c1-2-6-15(18(23)24)21-16(19(25)26)11-20-17(22)14-10-5-8-12-7-3-4-9-13(12)14/h3-5,7-10,15-16,21H,2,6,11H2,1H3,(H,20,22)(H,23,24)(H,25,26). The van der Waals surface area contributed by atoms with E-state index in [9.17, 15) is 19.5 Å². The Hall–Kier alpha value is -2.93. The van der Waals surface area contributed by atoms with Gasteiger partial charge < -0.3 is 15.5 Å². The van der Waals surface area contributed by atoms with E-state index in [1.165, 1.54) is 0 Å². The van der Waals surface area contributed by atoms with Gasteiger partial charge in [-0.3, -0.25) is 19.7 Å². The number of nitrogens with one attached hydrogen (secondary N) is 2. The number of fused-ring (bicyclic) bond motifs is 1.